The monoisotopic (exact) mass is 383 g/mol. The second-order valence-corrected chi connectivity index (χ2v) is 6.11. The fourth-order valence-electron chi connectivity index (χ4n) is 2.32. The van der Waals surface area contributed by atoms with Gasteiger partial charge in [0.15, 0.2) is 5.82 Å². The summed E-state index contributed by atoms with van der Waals surface area (Å²) in [5.41, 5.74) is 3.07. The van der Waals surface area contributed by atoms with Gasteiger partial charge in [-0.1, -0.05) is 17.7 Å². The van der Waals surface area contributed by atoms with Crippen LogP contribution in [-0.4, -0.2) is 27.8 Å². The zero-order chi connectivity index (χ0) is 19.2. The Labute approximate surface area is 161 Å². The lowest BCUT2D eigenvalue weighted by Gasteiger charge is -2.10. The van der Waals surface area contributed by atoms with E-state index in [0.29, 0.717) is 29.0 Å². The van der Waals surface area contributed by atoms with Gasteiger partial charge in [0.25, 0.3) is 0 Å². The molecule has 3 rings (SSSR count). The van der Waals surface area contributed by atoms with Crippen molar-refractivity contribution in [2.45, 2.75) is 13.8 Å². The zero-order valence-electron chi connectivity index (χ0n) is 14.9. The maximum atomic E-state index is 11.7. The van der Waals surface area contributed by atoms with Crippen molar-refractivity contribution < 1.29 is 9.53 Å². The lowest BCUT2D eigenvalue weighted by atomic mass is 10.2. The SMILES string of the molecule is CCOC(=O)c1ccc(Nc2nncc(Nc3cc(Cl)ccc3C)n2)cc1. The van der Waals surface area contributed by atoms with Gasteiger partial charge in [0.2, 0.25) is 5.95 Å². The van der Waals surface area contributed by atoms with Crippen molar-refractivity contribution in [3.05, 3.63) is 64.8 Å². The Balaban J connectivity index is 1.72. The van der Waals surface area contributed by atoms with Crippen molar-refractivity contribution in [1.29, 1.82) is 0 Å². The predicted molar refractivity (Wildman–Crippen MR) is 105 cm³/mol. The highest BCUT2D eigenvalue weighted by molar-refractivity contribution is 6.30. The molecule has 138 valence electrons. The number of anilines is 4. The summed E-state index contributed by atoms with van der Waals surface area (Å²) in [7, 11) is 0. The van der Waals surface area contributed by atoms with Crippen LogP contribution in [0.1, 0.15) is 22.8 Å². The minimum atomic E-state index is -0.356. The second kappa shape index (κ2) is 8.46. The van der Waals surface area contributed by atoms with E-state index in [-0.39, 0.29) is 5.97 Å². The maximum absolute atomic E-state index is 11.7. The molecule has 0 bridgehead atoms. The van der Waals surface area contributed by atoms with Crippen LogP contribution in [-0.2, 0) is 4.74 Å². The number of nitrogens with zero attached hydrogens (tertiary/aromatic N) is 3. The number of benzene rings is 2. The molecule has 0 saturated heterocycles. The number of aromatic nitrogens is 3. The van der Waals surface area contributed by atoms with E-state index in [4.69, 9.17) is 16.3 Å². The fraction of sp³-hybridized carbons (Fsp3) is 0.158. The van der Waals surface area contributed by atoms with E-state index in [1.54, 1.807) is 31.2 Å². The molecule has 2 aromatic carbocycles. The van der Waals surface area contributed by atoms with Gasteiger partial charge in [0.1, 0.15) is 0 Å². The number of hydrogen-bond donors (Lipinski definition) is 2. The van der Waals surface area contributed by atoms with Crippen molar-refractivity contribution >= 4 is 40.7 Å². The van der Waals surface area contributed by atoms with Crippen molar-refractivity contribution in [3.8, 4) is 0 Å². The summed E-state index contributed by atoms with van der Waals surface area (Å²) in [5, 5.41) is 14.8. The molecule has 0 amide bonds. The van der Waals surface area contributed by atoms with E-state index in [1.165, 1.54) is 6.20 Å². The van der Waals surface area contributed by atoms with E-state index in [1.807, 2.05) is 25.1 Å². The summed E-state index contributed by atoms with van der Waals surface area (Å²) in [6, 6.07) is 12.4. The van der Waals surface area contributed by atoms with Crippen LogP contribution in [0.25, 0.3) is 0 Å². The number of ether oxygens (including phenoxy) is 1. The van der Waals surface area contributed by atoms with E-state index in [2.05, 4.69) is 25.8 Å². The summed E-state index contributed by atoms with van der Waals surface area (Å²) >= 11 is 6.04. The summed E-state index contributed by atoms with van der Waals surface area (Å²) < 4.78 is 4.96. The van der Waals surface area contributed by atoms with Crippen LogP contribution >= 0.6 is 11.6 Å². The molecule has 0 aliphatic rings. The van der Waals surface area contributed by atoms with Crippen molar-refractivity contribution in [2.24, 2.45) is 0 Å². The molecule has 3 aromatic rings. The van der Waals surface area contributed by atoms with Crippen LogP contribution in [0, 0.1) is 6.92 Å². The molecule has 1 aromatic heterocycles. The number of halogens is 1. The molecule has 2 N–H and O–H groups in total. The first-order valence-electron chi connectivity index (χ1n) is 8.32. The van der Waals surface area contributed by atoms with Crippen LogP contribution in [0.4, 0.5) is 23.1 Å². The van der Waals surface area contributed by atoms with E-state index >= 15 is 0 Å². The highest BCUT2D eigenvalue weighted by Gasteiger charge is 2.07. The Morgan fingerprint density at radius 1 is 1.15 bits per heavy atom. The Hall–Kier alpha value is -3.19. The van der Waals surface area contributed by atoms with E-state index in [0.717, 1.165) is 16.9 Å². The Bertz CT molecular complexity index is 947. The molecule has 7 nitrogen and oxygen atoms in total. The lowest BCUT2D eigenvalue weighted by Crippen LogP contribution is -2.05. The van der Waals surface area contributed by atoms with Gasteiger partial charge in [-0.25, -0.2) is 4.79 Å². The first-order chi connectivity index (χ1) is 13.0. The molecule has 0 radical (unpaired) electrons. The molecule has 0 unspecified atom stereocenters. The number of nitrogens with one attached hydrogen (secondary N) is 2. The van der Waals surface area contributed by atoms with E-state index in [9.17, 15) is 4.79 Å². The van der Waals surface area contributed by atoms with Gasteiger partial charge in [0.05, 0.1) is 18.4 Å². The maximum Gasteiger partial charge on any atom is 0.338 e. The van der Waals surface area contributed by atoms with Crippen molar-refractivity contribution in [2.75, 3.05) is 17.2 Å². The molecule has 0 atom stereocenters. The first kappa shape index (κ1) is 18.6. The Morgan fingerprint density at radius 2 is 1.93 bits per heavy atom. The summed E-state index contributed by atoms with van der Waals surface area (Å²) in [5.74, 6) is 0.495. The normalized spacial score (nSPS) is 10.3. The predicted octanol–water partition coefficient (Wildman–Crippen LogP) is 4.50. The average Bonchev–Trinajstić information content (AvgIpc) is 2.66. The molecule has 1 heterocycles. The van der Waals surface area contributed by atoms with Gasteiger partial charge in [-0.05, 0) is 55.8 Å². The molecule has 0 fully saturated rings. The molecular weight excluding hydrogens is 366 g/mol. The third-order valence-electron chi connectivity index (χ3n) is 3.67. The smallest absolute Gasteiger partial charge is 0.338 e. The number of carbonyl (C=O) groups is 1. The lowest BCUT2D eigenvalue weighted by molar-refractivity contribution is 0.0526. The quantitative estimate of drug-likeness (QED) is 0.606. The molecule has 8 heteroatoms. The highest BCUT2D eigenvalue weighted by atomic mass is 35.5. The Kier molecular flexibility index (Phi) is 5.83. The van der Waals surface area contributed by atoms with Crippen LogP contribution < -0.4 is 10.6 Å². The van der Waals surface area contributed by atoms with Gasteiger partial charge >= 0.3 is 5.97 Å². The number of carbonyl (C=O) groups excluding carboxylic acids is 1. The Morgan fingerprint density at radius 3 is 2.67 bits per heavy atom. The van der Waals surface area contributed by atoms with Gasteiger partial charge in [0, 0.05) is 16.4 Å². The van der Waals surface area contributed by atoms with Gasteiger partial charge in [-0.2, -0.15) is 10.1 Å². The van der Waals surface area contributed by atoms with Crippen LogP contribution in [0.5, 0.6) is 0 Å². The third kappa shape index (κ3) is 4.92. The van der Waals surface area contributed by atoms with Gasteiger partial charge in [-0.15, -0.1) is 5.10 Å². The number of hydrogen-bond acceptors (Lipinski definition) is 7. The minimum absolute atomic E-state index is 0.323. The molecular formula is C19H18ClN5O2. The topological polar surface area (TPSA) is 89.0 Å². The van der Waals surface area contributed by atoms with Crippen LogP contribution in [0.15, 0.2) is 48.7 Å². The van der Waals surface area contributed by atoms with Crippen molar-refractivity contribution in [3.63, 3.8) is 0 Å². The fourth-order valence-corrected chi connectivity index (χ4v) is 2.49. The molecule has 0 aliphatic carbocycles. The van der Waals surface area contributed by atoms with Crippen LogP contribution in [0.3, 0.4) is 0 Å². The molecule has 0 aliphatic heterocycles. The summed E-state index contributed by atoms with van der Waals surface area (Å²) in [6.07, 6.45) is 1.52. The van der Waals surface area contributed by atoms with E-state index < -0.39 is 0 Å². The summed E-state index contributed by atoms with van der Waals surface area (Å²) in [6.45, 7) is 4.08. The van der Waals surface area contributed by atoms with Gasteiger partial charge in [-0.3, -0.25) is 0 Å². The average molecular weight is 384 g/mol. The van der Waals surface area contributed by atoms with Gasteiger partial charge < -0.3 is 15.4 Å². The second-order valence-electron chi connectivity index (χ2n) is 5.67. The molecule has 27 heavy (non-hydrogen) atoms. The molecule has 0 spiro atoms. The molecule has 0 saturated carbocycles. The first-order valence-corrected chi connectivity index (χ1v) is 8.70. The number of esters is 1. The summed E-state index contributed by atoms with van der Waals surface area (Å²) in [4.78, 5) is 16.1. The highest BCUT2D eigenvalue weighted by Crippen LogP contribution is 2.23. The van der Waals surface area contributed by atoms with Crippen molar-refractivity contribution in [1.82, 2.24) is 15.2 Å². The minimum Gasteiger partial charge on any atom is -0.462 e. The largest absolute Gasteiger partial charge is 0.462 e. The zero-order valence-corrected chi connectivity index (χ0v) is 15.6. The number of rotatable bonds is 6. The third-order valence-corrected chi connectivity index (χ3v) is 3.91. The standard InChI is InChI=1S/C19H18ClN5O2/c1-3-27-18(26)13-5-8-15(9-6-13)22-19-24-17(11-21-25-19)23-16-10-14(20)7-4-12(16)2/h4-11H,3H2,1-2H3,(H2,22,23,24,25). The number of aryl methyl sites for hydroxylation is 1. The van der Waals surface area contributed by atoms with Crippen LogP contribution in [0.2, 0.25) is 5.02 Å².